The van der Waals surface area contributed by atoms with E-state index in [-0.39, 0.29) is 11.7 Å². The van der Waals surface area contributed by atoms with Crippen molar-refractivity contribution in [2.75, 3.05) is 11.9 Å². The van der Waals surface area contributed by atoms with Gasteiger partial charge in [-0.15, -0.1) is 0 Å². The van der Waals surface area contributed by atoms with Crippen molar-refractivity contribution >= 4 is 42.4 Å². The predicted molar refractivity (Wildman–Crippen MR) is 86.2 cm³/mol. The van der Waals surface area contributed by atoms with Crippen molar-refractivity contribution in [3.05, 3.63) is 18.2 Å². The number of aliphatic imine (C=N–C) groups is 1. The number of amides is 3. The molecule has 0 aliphatic rings. The second-order valence-electron chi connectivity index (χ2n) is 4.12. The van der Waals surface area contributed by atoms with Gasteiger partial charge in [-0.2, -0.15) is 0 Å². The number of phenolic OH excluding ortho intramolecular Hbond substituents is 1. The van der Waals surface area contributed by atoms with Crippen LogP contribution in [0.15, 0.2) is 23.2 Å². The molecule has 0 spiro atoms. The molecule has 9 nitrogen and oxygen atoms in total. The molecule has 0 saturated heterocycles. The van der Waals surface area contributed by atoms with E-state index in [9.17, 15) is 18.4 Å². The zero-order valence-electron chi connectivity index (χ0n) is 13.0. The summed E-state index contributed by atoms with van der Waals surface area (Å²) in [5.41, 5.74) is -0.00951. The Morgan fingerprint density at radius 1 is 1.35 bits per heavy atom. The van der Waals surface area contributed by atoms with Gasteiger partial charge in [0.2, 0.25) is 0 Å². The van der Waals surface area contributed by atoms with Crippen LogP contribution in [0.5, 0.6) is 5.75 Å². The first-order valence-corrected chi connectivity index (χ1v) is 9.93. The van der Waals surface area contributed by atoms with Gasteiger partial charge in [-0.25, -0.2) is 9.79 Å². The number of benzene rings is 1. The quantitative estimate of drug-likeness (QED) is 0.273. The first kappa shape index (κ1) is 20.9. The maximum Gasteiger partial charge on any atom is 0.340 e. The summed E-state index contributed by atoms with van der Waals surface area (Å²) in [6.07, 6.45) is 1.46. The molecule has 23 heavy (non-hydrogen) atoms. The van der Waals surface area contributed by atoms with Gasteiger partial charge >= 0.3 is 94.2 Å². The van der Waals surface area contributed by atoms with E-state index < -0.39 is 30.2 Å². The molecular formula is C13H20AsN3O6. The summed E-state index contributed by atoms with van der Waals surface area (Å²) in [5.74, 6) is -1.01. The van der Waals surface area contributed by atoms with Crippen LogP contribution in [0, 0.1) is 0 Å². The molecular weight excluding hydrogens is 369 g/mol. The van der Waals surface area contributed by atoms with Crippen LogP contribution < -0.4 is 15.0 Å². The molecule has 0 bridgehead atoms. The maximum absolute atomic E-state index is 11.0. The largest absolute Gasteiger partial charge is 0.340 e. The van der Waals surface area contributed by atoms with Gasteiger partial charge in [0.1, 0.15) is 0 Å². The van der Waals surface area contributed by atoms with Gasteiger partial charge in [0, 0.05) is 12.8 Å². The summed E-state index contributed by atoms with van der Waals surface area (Å²) < 4.78 is 28.4. The van der Waals surface area contributed by atoms with Crippen LogP contribution >= 0.6 is 0 Å². The van der Waals surface area contributed by atoms with Crippen LogP contribution in [0.25, 0.3) is 0 Å². The second-order valence-corrected chi connectivity index (χ2v) is 7.41. The number of nitrogens with zero attached hydrogens (tertiary/aromatic N) is 1. The van der Waals surface area contributed by atoms with Crippen molar-refractivity contribution in [3.63, 3.8) is 0 Å². The molecule has 0 aliphatic heterocycles. The Kier molecular flexibility index (Phi) is 8.94. The number of urea groups is 1. The van der Waals surface area contributed by atoms with E-state index in [1.165, 1.54) is 25.3 Å². The molecule has 0 radical (unpaired) electrons. The number of para-hydroxylation sites is 1. The van der Waals surface area contributed by atoms with Gasteiger partial charge in [-0.1, -0.05) is 0 Å². The Balaban J connectivity index is 0.000000515. The fourth-order valence-electron chi connectivity index (χ4n) is 1.37. The van der Waals surface area contributed by atoms with E-state index in [4.69, 9.17) is 8.19 Å². The average Bonchev–Trinajstić information content (AvgIpc) is 2.40. The summed E-state index contributed by atoms with van der Waals surface area (Å²) in [6.45, 7) is 5.42. The van der Waals surface area contributed by atoms with E-state index >= 15 is 0 Å². The van der Waals surface area contributed by atoms with Crippen LogP contribution in [-0.4, -0.2) is 52.2 Å². The Bertz CT molecular complexity index is 626. The zero-order chi connectivity index (χ0) is 18.0. The second kappa shape index (κ2) is 9.83. The molecule has 1 rings (SSSR count). The van der Waals surface area contributed by atoms with Gasteiger partial charge in [0.15, 0.2) is 0 Å². The molecule has 0 aliphatic carbocycles. The number of hydrogen-bond donors (Lipinski definition) is 5. The average molecular weight is 389 g/mol. The molecule has 5 N–H and O–H groups in total. The van der Waals surface area contributed by atoms with E-state index in [0.717, 1.165) is 6.07 Å². The predicted octanol–water partition coefficient (Wildman–Crippen LogP) is -0.282. The first-order chi connectivity index (χ1) is 10.6. The minimum absolute atomic E-state index is 0.00951. The molecule has 128 valence electrons. The van der Waals surface area contributed by atoms with Crippen molar-refractivity contribution in [1.82, 2.24) is 5.32 Å². The van der Waals surface area contributed by atoms with Gasteiger partial charge in [0.25, 0.3) is 0 Å². The number of nitrogens with one attached hydrogen (secondary N) is 2. The maximum atomic E-state index is 11.0. The van der Waals surface area contributed by atoms with Crippen molar-refractivity contribution in [3.8, 4) is 5.75 Å². The van der Waals surface area contributed by atoms with E-state index in [1.54, 1.807) is 6.92 Å². The van der Waals surface area contributed by atoms with Crippen molar-refractivity contribution in [2.24, 2.45) is 4.99 Å². The minimum atomic E-state index is -5.15. The van der Waals surface area contributed by atoms with Gasteiger partial charge < -0.3 is 5.32 Å². The monoisotopic (exact) mass is 389 g/mol. The van der Waals surface area contributed by atoms with Crippen molar-refractivity contribution < 1.29 is 26.6 Å². The number of carbonyl (C=O) groups is 2. The van der Waals surface area contributed by atoms with Gasteiger partial charge in [0.05, 0.1) is 0 Å². The Labute approximate surface area is 136 Å². The smallest absolute Gasteiger partial charge is 0.337 e. The third-order valence-corrected chi connectivity index (χ3v) is 4.29. The molecule has 3 amide bonds. The standard InChI is InChI=1S/C8H10AsNO5.C5H10N2O/c1-5(11)10-7-4-2-3-6(8(7)12)9(13,14)15;1-3-6-5(8)7-4-2/h2-4,12H,1H3,(H,10,11)(H2,13,14,15);3H,4H2,1-2H3,(H,7,8). The number of phenols is 1. The topological polar surface area (TPSA) is 148 Å². The Morgan fingerprint density at radius 3 is 2.39 bits per heavy atom. The number of hydrogen-bond acceptors (Lipinski definition) is 4. The number of anilines is 1. The van der Waals surface area contributed by atoms with Crippen molar-refractivity contribution in [1.29, 1.82) is 0 Å². The molecule has 0 unspecified atom stereocenters. The van der Waals surface area contributed by atoms with Crippen LogP contribution in [-0.2, 0) is 8.53 Å². The summed E-state index contributed by atoms with van der Waals surface area (Å²) in [4.78, 5) is 24.5. The third kappa shape index (κ3) is 8.20. The fourth-order valence-corrected chi connectivity index (χ4v) is 2.79. The van der Waals surface area contributed by atoms with Crippen LogP contribution in [0.3, 0.4) is 0 Å². The summed E-state index contributed by atoms with van der Waals surface area (Å²) in [6, 6.07) is 3.56. The van der Waals surface area contributed by atoms with Gasteiger partial charge in [-0.05, 0) is 13.8 Å². The first-order valence-electron chi connectivity index (χ1n) is 6.55. The molecule has 0 fully saturated rings. The van der Waals surface area contributed by atoms with Crippen molar-refractivity contribution in [2.45, 2.75) is 20.8 Å². The molecule has 0 saturated carbocycles. The molecule has 1 aromatic rings. The molecule has 0 aromatic heterocycles. The normalized spacial score (nSPS) is 10.7. The molecule has 0 heterocycles. The number of carbonyl (C=O) groups excluding carboxylic acids is 2. The SMILES string of the molecule is CC(=O)Nc1cccc([As](=O)(O)O)c1O.CC=NC(=O)NCC. The summed E-state index contributed by atoms with van der Waals surface area (Å²) in [5, 5.41) is 14.3. The van der Waals surface area contributed by atoms with E-state index in [0.29, 0.717) is 6.54 Å². The number of rotatable bonds is 3. The minimum Gasteiger partial charge on any atom is -0.337 e. The number of aromatic hydroxyl groups is 1. The Hall–Kier alpha value is -2.09. The molecule has 10 heteroatoms. The van der Waals surface area contributed by atoms with Crippen LogP contribution in [0.2, 0.25) is 0 Å². The molecule has 0 atom stereocenters. The summed E-state index contributed by atoms with van der Waals surface area (Å²) in [7, 11) is 0. The zero-order valence-corrected chi connectivity index (χ0v) is 14.9. The Morgan fingerprint density at radius 2 is 1.96 bits per heavy atom. The summed E-state index contributed by atoms with van der Waals surface area (Å²) >= 11 is -5.15. The van der Waals surface area contributed by atoms with Crippen LogP contribution in [0.1, 0.15) is 20.8 Å². The van der Waals surface area contributed by atoms with E-state index in [2.05, 4.69) is 15.6 Å². The molecule has 1 aromatic carbocycles. The fraction of sp³-hybridized carbons (Fsp3) is 0.308. The van der Waals surface area contributed by atoms with Gasteiger partial charge in [-0.3, -0.25) is 0 Å². The van der Waals surface area contributed by atoms with E-state index in [1.807, 2.05) is 6.92 Å². The van der Waals surface area contributed by atoms with Crippen LogP contribution in [0.4, 0.5) is 10.5 Å². The third-order valence-electron chi connectivity index (χ3n) is 2.21.